The van der Waals surface area contributed by atoms with Crippen molar-refractivity contribution in [1.82, 2.24) is 14.9 Å². The quantitative estimate of drug-likeness (QED) is 0.780. The molecule has 2 amide bonds. The molecule has 132 valence electrons. The highest BCUT2D eigenvalue weighted by molar-refractivity contribution is 7.88. The van der Waals surface area contributed by atoms with Crippen LogP contribution >= 0.6 is 0 Å². The van der Waals surface area contributed by atoms with E-state index in [0.717, 1.165) is 17.4 Å². The molecule has 0 bridgehead atoms. The van der Waals surface area contributed by atoms with Crippen LogP contribution in [-0.2, 0) is 32.6 Å². The molecule has 2 atom stereocenters. The topological polar surface area (TPSA) is 95.6 Å². The van der Waals surface area contributed by atoms with Crippen LogP contribution in [0.5, 0.6) is 0 Å². The minimum absolute atomic E-state index is 0.155. The smallest absolute Gasteiger partial charge is 0.242 e. The average molecular weight is 353 g/mol. The minimum Gasteiger partial charge on any atom is -0.355 e. The highest BCUT2D eigenvalue weighted by Crippen LogP contribution is 2.25. The molecular formula is C16H23N3O4S. The van der Waals surface area contributed by atoms with E-state index >= 15 is 0 Å². The van der Waals surface area contributed by atoms with Gasteiger partial charge in [0.05, 0.1) is 6.26 Å². The number of hydrogen-bond donors (Lipinski definition) is 2. The number of carbonyl (C=O) groups is 2. The van der Waals surface area contributed by atoms with E-state index in [2.05, 4.69) is 10.6 Å². The third kappa shape index (κ3) is 4.12. The van der Waals surface area contributed by atoms with E-state index in [0.29, 0.717) is 6.54 Å². The first-order valence-electron chi connectivity index (χ1n) is 7.85. The molecule has 24 heavy (non-hydrogen) atoms. The molecule has 1 heterocycles. The fourth-order valence-electron chi connectivity index (χ4n) is 2.77. The second-order valence-corrected chi connectivity index (χ2v) is 7.86. The van der Waals surface area contributed by atoms with Crippen LogP contribution in [0.3, 0.4) is 0 Å². The van der Waals surface area contributed by atoms with E-state index in [1.165, 1.54) is 4.31 Å². The number of nitrogens with one attached hydrogen (secondary N) is 2. The Morgan fingerprint density at radius 1 is 1.29 bits per heavy atom. The third-order valence-electron chi connectivity index (χ3n) is 4.04. The van der Waals surface area contributed by atoms with Crippen LogP contribution in [0.1, 0.15) is 25.0 Å². The van der Waals surface area contributed by atoms with E-state index in [4.69, 9.17) is 0 Å². The summed E-state index contributed by atoms with van der Waals surface area (Å²) in [6, 6.07) is 5.88. The standard InChI is InChI=1S/C16H23N3O4S/c1-4-17-15(20)11(2)18-16(21)14-9-12-7-5-6-8-13(12)10-19(14)24(3,22)23/h5-8,11,14H,4,9-10H2,1-3H3,(H,17,20)(H,18,21). The molecule has 2 N–H and O–H groups in total. The van der Waals surface area contributed by atoms with Crippen LogP contribution < -0.4 is 10.6 Å². The Morgan fingerprint density at radius 2 is 1.92 bits per heavy atom. The molecule has 0 saturated carbocycles. The van der Waals surface area contributed by atoms with Crippen molar-refractivity contribution in [2.45, 2.75) is 38.9 Å². The summed E-state index contributed by atoms with van der Waals surface area (Å²) in [7, 11) is -3.56. The highest BCUT2D eigenvalue weighted by Gasteiger charge is 2.37. The van der Waals surface area contributed by atoms with Crippen molar-refractivity contribution in [1.29, 1.82) is 0 Å². The number of likely N-dealkylation sites (N-methyl/N-ethyl adjacent to an activating group) is 1. The fraction of sp³-hybridized carbons (Fsp3) is 0.500. The van der Waals surface area contributed by atoms with Crippen LogP contribution in [-0.4, -0.2) is 49.4 Å². The monoisotopic (exact) mass is 353 g/mol. The summed E-state index contributed by atoms with van der Waals surface area (Å²) in [6.45, 7) is 3.98. The predicted octanol–water partition coefficient (Wildman–Crippen LogP) is 0.0137. The minimum atomic E-state index is -3.56. The molecule has 1 aliphatic heterocycles. The number of hydrogen-bond acceptors (Lipinski definition) is 4. The molecule has 1 aromatic rings. The number of nitrogens with zero attached hydrogens (tertiary/aromatic N) is 1. The van der Waals surface area contributed by atoms with Gasteiger partial charge in [-0.05, 0) is 31.4 Å². The van der Waals surface area contributed by atoms with E-state index in [-0.39, 0.29) is 18.9 Å². The first kappa shape index (κ1) is 18.4. The zero-order chi connectivity index (χ0) is 17.9. The van der Waals surface area contributed by atoms with Crippen molar-refractivity contribution >= 4 is 21.8 Å². The van der Waals surface area contributed by atoms with E-state index in [1.807, 2.05) is 24.3 Å². The lowest BCUT2D eigenvalue weighted by Gasteiger charge is -2.34. The maximum atomic E-state index is 12.6. The number of benzene rings is 1. The molecule has 2 rings (SSSR count). The maximum absolute atomic E-state index is 12.6. The van der Waals surface area contributed by atoms with Crippen molar-refractivity contribution in [3.8, 4) is 0 Å². The van der Waals surface area contributed by atoms with E-state index < -0.39 is 28.0 Å². The zero-order valence-corrected chi connectivity index (χ0v) is 14.9. The molecule has 7 nitrogen and oxygen atoms in total. The van der Waals surface area contributed by atoms with E-state index in [9.17, 15) is 18.0 Å². The van der Waals surface area contributed by atoms with Gasteiger partial charge >= 0.3 is 0 Å². The fourth-order valence-corrected chi connectivity index (χ4v) is 3.78. The van der Waals surface area contributed by atoms with Gasteiger partial charge in [0.1, 0.15) is 12.1 Å². The Kier molecular flexibility index (Phi) is 5.61. The lowest BCUT2D eigenvalue weighted by atomic mass is 9.95. The van der Waals surface area contributed by atoms with Crippen molar-refractivity contribution in [3.63, 3.8) is 0 Å². The molecule has 2 unspecified atom stereocenters. The Hall–Kier alpha value is -1.93. The molecule has 0 radical (unpaired) electrons. The summed E-state index contributed by atoms with van der Waals surface area (Å²) in [5.41, 5.74) is 1.84. The number of amides is 2. The van der Waals surface area contributed by atoms with Gasteiger partial charge in [0.15, 0.2) is 0 Å². The van der Waals surface area contributed by atoms with Crippen LogP contribution in [0.4, 0.5) is 0 Å². The lowest BCUT2D eigenvalue weighted by molar-refractivity contribution is -0.130. The van der Waals surface area contributed by atoms with Crippen molar-refractivity contribution in [2.24, 2.45) is 0 Å². The number of fused-ring (bicyclic) bond motifs is 1. The molecular weight excluding hydrogens is 330 g/mol. The Morgan fingerprint density at radius 3 is 2.50 bits per heavy atom. The first-order chi connectivity index (χ1) is 11.2. The summed E-state index contributed by atoms with van der Waals surface area (Å²) in [5.74, 6) is -0.762. The van der Waals surface area contributed by atoms with Crippen LogP contribution in [0.15, 0.2) is 24.3 Å². The zero-order valence-electron chi connectivity index (χ0n) is 14.1. The molecule has 0 aliphatic carbocycles. The molecule has 1 aromatic carbocycles. The number of carbonyl (C=O) groups excluding carboxylic acids is 2. The van der Waals surface area contributed by atoms with Gasteiger partial charge in [0, 0.05) is 13.1 Å². The Balaban J connectivity index is 2.22. The first-order valence-corrected chi connectivity index (χ1v) is 9.70. The van der Waals surface area contributed by atoms with Crippen LogP contribution in [0.25, 0.3) is 0 Å². The summed E-state index contributed by atoms with van der Waals surface area (Å²) >= 11 is 0. The predicted molar refractivity (Wildman–Crippen MR) is 90.6 cm³/mol. The van der Waals surface area contributed by atoms with Crippen molar-refractivity contribution < 1.29 is 18.0 Å². The van der Waals surface area contributed by atoms with Crippen molar-refractivity contribution in [3.05, 3.63) is 35.4 Å². The van der Waals surface area contributed by atoms with Crippen LogP contribution in [0, 0.1) is 0 Å². The average Bonchev–Trinajstić information content (AvgIpc) is 2.52. The highest BCUT2D eigenvalue weighted by atomic mass is 32.2. The molecule has 0 aromatic heterocycles. The third-order valence-corrected chi connectivity index (χ3v) is 5.27. The van der Waals surface area contributed by atoms with Gasteiger partial charge in [-0.25, -0.2) is 8.42 Å². The second kappa shape index (κ2) is 7.31. The van der Waals surface area contributed by atoms with Crippen LogP contribution in [0.2, 0.25) is 0 Å². The molecule has 8 heteroatoms. The van der Waals surface area contributed by atoms with Gasteiger partial charge in [-0.1, -0.05) is 24.3 Å². The van der Waals surface area contributed by atoms with E-state index in [1.54, 1.807) is 13.8 Å². The van der Waals surface area contributed by atoms with Gasteiger partial charge < -0.3 is 10.6 Å². The van der Waals surface area contributed by atoms with Gasteiger partial charge in [-0.15, -0.1) is 0 Å². The van der Waals surface area contributed by atoms with Gasteiger partial charge in [-0.3, -0.25) is 9.59 Å². The molecule has 1 aliphatic rings. The SMILES string of the molecule is CCNC(=O)C(C)NC(=O)C1Cc2ccccc2CN1S(C)(=O)=O. The Bertz CT molecular complexity index is 733. The van der Waals surface area contributed by atoms with Crippen molar-refractivity contribution in [2.75, 3.05) is 12.8 Å². The summed E-state index contributed by atoms with van der Waals surface area (Å²) in [5, 5.41) is 5.24. The largest absolute Gasteiger partial charge is 0.355 e. The normalized spacial score (nSPS) is 19.2. The van der Waals surface area contributed by atoms with Gasteiger partial charge in [0.25, 0.3) is 0 Å². The molecule has 0 saturated heterocycles. The number of rotatable bonds is 5. The molecule has 0 spiro atoms. The summed E-state index contributed by atoms with van der Waals surface area (Å²) < 4.78 is 25.4. The Labute approximate surface area is 142 Å². The van der Waals surface area contributed by atoms with Gasteiger partial charge in [0.2, 0.25) is 21.8 Å². The molecule has 0 fully saturated rings. The summed E-state index contributed by atoms with van der Waals surface area (Å²) in [6.07, 6.45) is 1.38. The lowest BCUT2D eigenvalue weighted by Crippen LogP contribution is -2.55. The maximum Gasteiger partial charge on any atom is 0.242 e. The second-order valence-electron chi connectivity index (χ2n) is 5.92. The van der Waals surface area contributed by atoms with Gasteiger partial charge in [-0.2, -0.15) is 4.31 Å². The number of sulfonamides is 1. The summed E-state index contributed by atoms with van der Waals surface area (Å²) in [4.78, 5) is 24.4.